The molecule has 0 spiro atoms. The summed E-state index contributed by atoms with van der Waals surface area (Å²) in [4.78, 5) is 1.61. The van der Waals surface area contributed by atoms with Gasteiger partial charge in [-0.15, -0.1) is 0 Å². The average Bonchev–Trinajstić information content (AvgIpc) is 2.76. The molecule has 1 N–H and O–H groups in total. The van der Waals surface area contributed by atoms with Gasteiger partial charge in [0.15, 0.2) is 0 Å². The highest BCUT2D eigenvalue weighted by molar-refractivity contribution is 7.99. The Labute approximate surface area is 111 Å². The Balaban J connectivity index is 2.40. The predicted molar refractivity (Wildman–Crippen MR) is 71.4 cm³/mol. The third-order valence-electron chi connectivity index (χ3n) is 2.92. The minimum absolute atomic E-state index is 0.107. The van der Waals surface area contributed by atoms with Crippen LogP contribution in [-0.4, -0.2) is 7.05 Å². The number of furan rings is 1. The standard InChI is InChI=1S/C14H16FNOS/c1-9(16-3)11-5-4-6-12(15)14(11)18-13-7-8-17-10(13)2/h4-9,16H,1-3H3. The summed E-state index contributed by atoms with van der Waals surface area (Å²) in [6.07, 6.45) is 1.62. The zero-order valence-corrected chi connectivity index (χ0v) is 11.5. The van der Waals surface area contributed by atoms with Crippen molar-refractivity contribution in [3.8, 4) is 0 Å². The van der Waals surface area contributed by atoms with E-state index in [-0.39, 0.29) is 11.9 Å². The number of hydrogen-bond donors (Lipinski definition) is 1. The van der Waals surface area contributed by atoms with Gasteiger partial charge in [0.1, 0.15) is 11.6 Å². The Morgan fingerprint density at radius 1 is 1.33 bits per heavy atom. The highest BCUT2D eigenvalue weighted by Gasteiger charge is 2.15. The van der Waals surface area contributed by atoms with Gasteiger partial charge < -0.3 is 9.73 Å². The highest BCUT2D eigenvalue weighted by atomic mass is 32.2. The lowest BCUT2D eigenvalue weighted by Gasteiger charge is -2.15. The van der Waals surface area contributed by atoms with Crippen molar-refractivity contribution < 1.29 is 8.81 Å². The van der Waals surface area contributed by atoms with Gasteiger partial charge in [-0.2, -0.15) is 0 Å². The maximum atomic E-state index is 14.0. The monoisotopic (exact) mass is 265 g/mol. The number of aryl methyl sites for hydroxylation is 1. The lowest BCUT2D eigenvalue weighted by molar-refractivity contribution is 0.526. The molecule has 0 saturated carbocycles. The fraction of sp³-hybridized carbons (Fsp3) is 0.286. The lowest BCUT2D eigenvalue weighted by Crippen LogP contribution is -2.13. The van der Waals surface area contributed by atoms with Gasteiger partial charge in [0.25, 0.3) is 0 Å². The molecule has 0 radical (unpaired) electrons. The van der Waals surface area contributed by atoms with E-state index < -0.39 is 0 Å². The molecule has 0 bridgehead atoms. The van der Waals surface area contributed by atoms with Gasteiger partial charge in [-0.1, -0.05) is 23.9 Å². The van der Waals surface area contributed by atoms with Gasteiger partial charge in [0, 0.05) is 6.04 Å². The first kappa shape index (κ1) is 13.2. The fourth-order valence-corrected chi connectivity index (χ4v) is 2.78. The van der Waals surface area contributed by atoms with Crippen LogP contribution in [0.15, 0.2) is 44.7 Å². The van der Waals surface area contributed by atoms with Crippen LogP contribution in [0.5, 0.6) is 0 Å². The summed E-state index contributed by atoms with van der Waals surface area (Å²) < 4.78 is 19.2. The molecule has 1 aromatic heterocycles. The quantitative estimate of drug-likeness (QED) is 0.898. The summed E-state index contributed by atoms with van der Waals surface area (Å²) in [5.74, 6) is 0.617. The molecule has 1 unspecified atom stereocenters. The largest absolute Gasteiger partial charge is 0.468 e. The summed E-state index contributed by atoms with van der Waals surface area (Å²) in [6.45, 7) is 3.89. The smallest absolute Gasteiger partial charge is 0.137 e. The van der Waals surface area contributed by atoms with Crippen LogP contribution >= 0.6 is 11.8 Å². The first-order valence-corrected chi connectivity index (χ1v) is 6.62. The Morgan fingerprint density at radius 2 is 2.11 bits per heavy atom. The molecular weight excluding hydrogens is 249 g/mol. The van der Waals surface area contributed by atoms with Crippen LogP contribution in [0.1, 0.15) is 24.3 Å². The molecule has 0 amide bonds. The Bertz CT molecular complexity index is 538. The second kappa shape index (κ2) is 5.59. The van der Waals surface area contributed by atoms with Crippen molar-refractivity contribution >= 4 is 11.8 Å². The van der Waals surface area contributed by atoms with Crippen LogP contribution in [0.25, 0.3) is 0 Å². The third-order valence-corrected chi connectivity index (χ3v) is 4.20. The molecule has 0 saturated heterocycles. The van der Waals surface area contributed by atoms with E-state index >= 15 is 0 Å². The lowest BCUT2D eigenvalue weighted by atomic mass is 10.1. The maximum Gasteiger partial charge on any atom is 0.137 e. The van der Waals surface area contributed by atoms with E-state index in [1.165, 1.54) is 17.8 Å². The minimum Gasteiger partial charge on any atom is -0.468 e. The Morgan fingerprint density at radius 3 is 2.72 bits per heavy atom. The summed E-state index contributed by atoms with van der Waals surface area (Å²) in [5, 5.41) is 3.14. The highest BCUT2D eigenvalue weighted by Crippen LogP contribution is 2.37. The van der Waals surface area contributed by atoms with Gasteiger partial charge in [0.2, 0.25) is 0 Å². The molecule has 18 heavy (non-hydrogen) atoms. The van der Waals surface area contributed by atoms with E-state index in [4.69, 9.17) is 4.42 Å². The van der Waals surface area contributed by atoms with Crippen LogP contribution in [0, 0.1) is 12.7 Å². The van der Waals surface area contributed by atoms with Crippen LogP contribution in [0.2, 0.25) is 0 Å². The molecule has 1 heterocycles. The van der Waals surface area contributed by atoms with Crippen LogP contribution < -0.4 is 5.32 Å². The van der Waals surface area contributed by atoms with E-state index in [9.17, 15) is 4.39 Å². The predicted octanol–water partition coefficient (Wildman–Crippen LogP) is 4.16. The van der Waals surface area contributed by atoms with E-state index in [1.54, 1.807) is 12.3 Å². The van der Waals surface area contributed by atoms with Crippen molar-refractivity contribution in [1.82, 2.24) is 5.32 Å². The minimum atomic E-state index is -0.194. The van der Waals surface area contributed by atoms with Gasteiger partial charge in [-0.3, -0.25) is 0 Å². The van der Waals surface area contributed by atoms with Crippen molar-refractivity contribution in [2.75, 3.05) is 7.05 Å². The van der Waals surface area contributed by atoms with E-state index in [2.05, 4.69) is 5.32 Å². The van der Waals surface area contributed by atoms with Gasteiger partial charge in [-0.25, -0.2) is 4.39 Å². The zero-order valence-electron chi connectivity index (χ0n) is 10.7. The van der Waals surface area contributed by atoms with Gasteiger partial charge in [-0.05, 0) is 38.6 Å². The molecule has 0 aliphatic heterocycles. The molecular formula is C14H16FNOS. The maximum absolute atomic E-state index is 14.0. The van der Waals surface area contributed by atoms with Crippen molar-refractivity contribution in [3.63, 3.8) is 0 Å². The summed E-state index contributed by atoms with van der Waals surface area (Å²) in [6, 6.07) is 7.15. The molecule has 2 nitrogen and oxygen atoms in total. The molecule has 96 valence electrons. The summed E-state index contributed by atoms with van der Waals surface area (Å²) >= 11 is 1.41. The normalized spacial score (nSPS) is 12.7. The van der Waals surface area contributed by atoms with Crippen molar-refractivity contribution in [2.24, 2.45) is 0 Å². The van der Waals surface area contributed by atoms with Crippen LogP contribution in [0.3, 0.4) is 0 Å². The summed E-state index contributed by atoms with van der Waals surface area (Å²) in [7, 11) is 1.87. The SMILES string of the molecule is CNC(C)c1cccc(F)c1Sc1ccoc1C. The number of benzene rings is 1. The van der Waals surface area contributed by atoms with Gasteiger partial charge >= 0.3 is 0 Å². The molecule has 4 heteroatoms. The van der Waals surface area contributed by atoms with Crippen molar-refractivity contribution in [1.29, 1.82) is 0 Å². The number of halogens is 1. The molecule has 1 atom stereocenters. The number of rotatable bonds is 4. The molecule has 0 aliphatic rings. The second-order valence-electron chi connectivity index (χ2n) is 4.11. The molecule has 2 aromatic rings. The molecule has 0 aliphatic carbocycles. The van der Waals surface area contributed by atoms with Crippen molar-refractivity contribution in [3.05, 3.63) is 47.7 Å². The first-order chi connectivity index (χ1) is 8.63. The average molecular weight is 265 g/mol. The van der Waals surface area contributed by atoms with Gasteiger partial charge in [0.05, 0.1) is 16.1 Å². The van der Waals surface area contributed by atoms with E-state index in [1.807, 2.05) is 33.0 Å². The zero-order chi connectivity index (χ0) is 13.1. The van der Waals surface area contributed by atoms with E-state index in [0.717, 1.165) is 16.2 Å². The molecule has 0 fully saturated rings. The topological polar surface area (TPSA) is 25.2 Å². The van der Waals surface area contributed by atoms with Crippen LogP contribution in [-0.2, 0) is 0 Å². The summed E-state index contributed by atoms with van der Waals surface area (Å²) in [5.41, 5.74) is 0.961. The number of nitrogens with one attached hydrogen (secondary N) is 1. The third kappa shape index (κ3) is 2.60. The molecule has 1 aromatic carbocycles. The van der Waals surface area contributed by atoms with E-state index in [0.29, 0.717) is 4.90 Å². The molecule has 2 rings (SSSR count). The fourth-order valence-electron chi connectivity index (χ4n) is 1.72. The van der Waals surface area contributed by atoms with Crippen molar-refractivity contribution in [2.45, 2.75) is 29.7 Å². The Hall–Kier alpha value is -1.26. The second-order valence-corrected chi connectivity index (χ2v) is 5.16. The number of hydrogen-bond acceptors (Lipinski definition) is 3. The van der Waals surface area contributed by atoms with Crippen LogP contribution in [0.4, 0.5) is 4.39 Å². The Kier molecular flexibility index (Phi) is 4.09. The first-order valence-electron chi connectivity index (χ1n) is 5.81.